The van der Waals surface area contributed by atoms with Gasteiger partial charge in [-0.3, -0.25) is 0 Å². The molecule has 0 bridgehead atoms. The molecule has 1 rings (SSSR count). The molecule has 0 amide bonds. The van der Waals surface area contributed by atoms with Gasteiger partial charge in [0.15, 0.2) is 0 Å². The molecular formula is C42H88N4. The van der Waals surface area contributed by atoms with Gasteiger partial charge in [0.1, 0.15) is 0 Å². The largest absolute Gasteiger partial charge is 0.302 e. The first-order chi connectivity index (χ1) is 22.7. The Balaban J connectivity index is 2.78. The smallest absolute Gasteiger partial charge is 0.0109 e. The Labute approximate surface area is 292 Å². The minimum Gasteiger partial charge on any atom is -0.302 e. The Kier molecular flexibility index (Phi) is 33.1. The minimum absolute atomic E-state index is 1.28. The molecule has 276 valence electrons. The van der Waals surface area contributed by atoms with Crippen molar-refractivity contribution in [2.24, 2.45) is 0 Å². The molecule has 46 heavy (non-hydrogen) atoms. The highest BCUT2D eigenvalue weighted by atomic mass is 15.2. The van der Waals surface area contributed by atoms with E-state index in [1.54, 1.807) is 0 Å². The highest BCUT2D eigenvalue weighted by molar-refractivity contribution is 4.71. The van der Waals surface area contributed by atoms with Gasteiger partial charge in [-0.25, -0.2) is 0 Å². The molecule has 0 aromatic carbocycles. The predicted octanol–water partition coefficient (Wildman–Crippen LogP) is 11.4. The Bertz CT molecular complexity index is 486. The third-order valence-corrected chi connectivity index (χ3v) is 10.7. The third kappa shape index (κ3) is 27.8. The zero-order valence-corrected chi connectivity index (χ0v) is 32.7. The van der Waals surface area contributed by atoms with Gasteiger partial charge in [0.25, 0.3) is 0 Å². The monoisotopic (exact) mass is 649 g/mol. The van der Waals surface area contributed by atoms with E-state index >= 15 is 0 Å². The van der Waals surface area contributed by atoms with E-state index in [1.165, 1.54) is 245 Å². The SMILES string of the molecule is CCCCCCCCN1CCCN(CCCCCCCC)CCN(CCCCCCCC)CCCN(CCCCCCCC)CC1. The molecule has 1 aliphatic heterocycles. The van der Waals surface area contributed by atoms with Gasteiger partial charge in [-0.1, -0.05) is 156 Å². The maximum atomic E-state index is 2.87. The van der Waals surface area contributed by atoms with Gasteiger partial charge in [0.05, 0.1) is 0 Å². The average Bonchev–Trinajstić information content (AvgIpc) is 3.06. The van der Waals surface area contributed by atoms with E-state index in [4.69, 9.17) is 0 Å². The van der Waals surface area contributed by atoms with Crippen molar-refractivity contribution < 1.29 is 0 Å². The van der Waals surface area contributed by atoms with Crippen molar-refractivity contribution in [1.29, 1.82) is 0 Å². The summed E-state index contributed by atoms with van der Waals surface area (Å²) in [5, 5.41) is 0. The fraction of sp³-hybridized carbons (Fsp3) is 1.00. The molecule has 0 atom stereocenters. The van der Waals surface area contributed by atoms with Crippen molar-refractivity contribution in [2.75, 3.05) is 78.5 Å². The lowest BCUT2D eigenvalue weighted by atomic mass is 10.1. The van der Waals surface area contributed by atoms with Gasteiger partial charge in [0.2, 0.25) is 0 Å². The Morgan fingerprint density at radius 2 is 0.435 bits per heavy atom. The lowest BCUT2D eigenvalue weighted by Crippen LogP contribution is -2.42. The van der Waals surface area contributed by atoms with Gasteiger partial charge in [-0.05, 0) is 90.9 Å². The molecule has 1 heterocycles. The van der Waals surface area contributed by atoms with Gasteiger partial charge in [-0.2, -0.15) is 0 Å². The Hall–Kier alpha value is -0.160. The molecule has 1 aliphatic rings. The summed E-state index contributed by atoms with van der Waals surface area (Å²) in [5.74, 6) is 0. The maximum absolute atomic E-state index is 2.87. The van der Waals surface area contributed by atoms with E-state index in [1.807, 2.05) is 0 Å². The van der Waals surface area contributed by atoms with Crippen LogP contribution in [0.1, 0.15) is 195 Å². The molecule has 0 aromatic heterocycles. The first-order valence-corrected chi connectivity index (χ1v) is 21.6. The molecule has 4 nitrogen and oxygen atoms in total. The van der Waals surface area contributed by atoms with E-state index in [2.05, 4.69) is 47.3 Å². The summed E-state index contributed by atoms with van der Waals surface area (Å²) in [6.07, 6.45) is 36.6. The van der Waals surface area contributed by atoms with E-state index in [0.717, 1.165) is 0 Å². The van der Waals surface area contributed by atoms with Crippen LogP contribution in [0.3, 0.4) is 0 Å². The second-order valence-electron chi connectivity index (χ2n) is 15.1. The second kappa shape index (κ2) is 34.7. The summed E-state index contributed by atoms with van der Waals surface area (Å²) in [6.45, 7) is 24.9. The molecule has 0 saturated carbocycles. The van der Waals surface area contributed by atoms with Crippen LogP contribution in [0.15, 0.2) is 0 Å². The zero-order valence-electron chi connectivity index (χ0n) is 32.7. The highest BCUT2D eigenvalue weighted by Crippen LogP contribution is 2.12. The third-order valence-electron chi connectivity index (χ3n) is 10.7. The van der Waals surface area contributed by atoms with Gasteiger partial charge < -0.3 is 19.6 Å². The van der Waals surface area contributed by atoms with Crippen molar-refractivity contribution in [3.05, 3.63) is 0 Å². The number of rotatable bonds is 28. The van der Waals surface area contributed by atoms with Gasteiger partial charge in [0, 0.05) is 26.2 Å². The molecular weight excluding hydrogens is 560 g/mol. The van der Waals surface area contributed by atoms with Crippen LogP contribution in [-0.2, 0) is 0 Å². The first-order valence-electron chi connectivity index (χ1n) is 21.6. The van der Waals surface area contributed by atoms with E-state index < -0.39 is 0 Å². The molecule has 1 fully saturated rings. The quantitative estimate of drug-likeness (QED) is 0.0783. The Morgan fingerprint density at radius 1 is 0.239 bits per heavy atom. The molecule has 1 saturated heterocycles. The van der Waals surface area contributed by atoms with Gasteiger partial charge in [-0.15, -0.1) is 0 Å². The van der Waals surface area contributed by atoms with Crippen LogP contribution < -0.4 is 0 Å². The lowest BCUT2D eigenvalue weighted by Gasteiger charge is -2.32. The van der Waals surface area contributed by atoms with Crippen molar-refractivity contribution in [2.45, 2.75) is 195 Å². The average molecular weight is 649 g/mol. The van der Waals surface area contributed by atoms with Crippen molar-refractivity contribution >= 4 is 0 Å². The topological polar surface area (TPSA) is 13.0 Å². The summed E-state index contributed by atoms with van der Waals surface area (Å²) < 4.78 is 0. The summed E-state index contributed by atoms with van der Waals surface area (Å²) in [4.78, 5) is 11.5. The highest BCUT2D eigenvalue weighted by Gasteiger charge is 2.15. The molecule has 0 unspecified atom stereocenters. The van der Waals surface area contributed by atoms with E-state index in [9.17, 15) is 0 Å². The standard InChI is InChI=1S/C42H88N4/c1-5-9-13-17-21-25-31-43-35-29-36-45(33-27-23-19-15-11-7-3)41-42-46(34-28-24-20-16-12-8-4)38-30-37-44(40-39-43)32-26-22-18-14-10-6-2/h5-42H2,1-4H3. The summed E-state index contributed by atoms with van der Waals surface area (Å²) in [7, 11) is 0. The van der Waals surface area contributed by atoms with Crippen LogP contribution in [0, 0.1) is 0 Å². The molecule has 0 N–H and O–H groups in total. The van der Waals surface area contributed by atoms with Crippen LogP contribution >= 0.6 is 0 Å². The molecule has 4 heteroatoms. The van der Waals surface area contributed by atoms with E-state index in [0.29, 0.717) is 0 Å². The van der Waals surface area contributed by atoms with Crippen LogP contribution in [0.2, 0.25) is 0 Å². The molecule has 0 radical (unpaired) electrons. The Morgan fingerprint density at radius 3 is 0.652 bits per heavy atom. The van der Waals surface area contributed by atoms with Gasteiger partial charge >= 0.3 is 0 Å². The van der Waals surface area contributed by atoms with Crippen molar-refractivity contribution in [3.63, 3.8) is 0 Å². The summed E-state index contributed by atoms with van der Waals surface area (Å²) >= 11 is 0. The fourth-order valence-corrected chi connectivity index (χ4v) is 7.41. The van der Waals surface area contributed by atoms with Crippen LogP contribution in [0.25, 0.3) is 0 Å². The van der Waals surface area contributed by atoms with Crippen LogP contribution in [-0.4, -0.2) is 98.1 Å². The number of nitrogens with zero attached hydrogens (tertiary/aromatic N) is 4. The maximum Gasteiger partial charge on any atom is 0.0109 e. The number of hydrogen-bond donors (Lipinski definition) is 0. The first kappa shape index (κ1) is 43.9. The lowest BCUT2D eigenvalue weighted by molar-refractivity contribution is 0.154. The normalized spacial score (nSPS) is 17.5. The molecule has 0 spiro atoms. The van der Waals surface area contributed by atoms with Crippen molar-refractivity contribution in [3.8, 4) is 0 Å². The van der Waals surface area contributed by atoms with Crippen LogP contribution in [0.5, 0.6) is 0 Å². The summed E-state index contributed by atoms with van der Waals surface area (Å²) in [5.41, 5.74) is 0. The summed E-state index contributed by atoms with van der Waals surface area (Å²) in [6, 6.07) is 0. The van der Waals surface area contributed by atoms with Crippen molar-refractivity contribution in [1.82, 2.24) is 19.6 Å². The molecule has 0 aliphatic carbocycles. The molecule has 0 aromatic rings. The number of unbranched alkanes of at least 4 members (excludes halogenated alkanes) is 20. The second-order valence-corrected chi connectivity index (χ2v) is 15.1. The predicted molar refractivity (Wildman–Crippen MR) is 208 cm³/mol. The number of hydrogen-bond acceptors (Lipinski definition) is 4. The zero-order chi connectivity index (χ0) is 33.2. The fourth-order valence-electron chi connectivity index (χ4n) is 7.41. The minimum atomic E-state index is 1.28. The van der Waals surface area contributed by atoms with E-state index in [-0.39, 0.29) is 0 Å². The van der Waals surface area contributed by atoms with Crippen LogP contribution in [0.4, 0.5) is 0 Å².